The minimum atomic E-state index is -0.189. The van der Waals surface area contributed by atoms with Gasteiger partial charge in [0.1, 0.15) is 6.10 Å². The van der Waals surface area contributed by atoms with E-state index >= 15 is 0 Å². The fourth-order valence-electron chi connectivity index (χ4n) is 2.06. The zero-order valence-electron chi connectivity index (χ0n) is 8.25. The van der Waals surface area contributed by atoms with Crippen molar-refractivity contribution < 1.29 is 9.53 Å². The molecule has 0 aliphatic carbocycles. The molecule has 2 aliphatic rings. The molecule has 0 aromatic rings. The van der Waals surface area contributed by atoms with Crippen LogP contribution in [-0.2, 0) is 9.53 Å². The Morgan fingerprint density at radius 2 is 2.21 bits per heavy atom. The van der Waals surface area contributed by atoms with Crippen LogP contribution in [0, 0.1) is 0 Å². The average molecular weight is 218 g/mol. The highest BCUT2D eigenvalue weighted by atomic mass is 35.5. The summed E-state index contributed by atoms with van der Waals surface area (Å²) < 4.78 is 5.45. The Hall–Kier alpha value is -0.280. The van der Waals surface area contributed by atoms with Crippen molar-refractivity contribution in [2.24, 2.45) is 0 Å². The van der Waals surface area contributed by atoms with Crippen molar-refractivity contribution in [1.29, 1.82) is 0 Å². The van der Waals surface area contributed by atoms with Crippen LogP contribution < -0.4 is 0 Å². The first-order valence-corrected chi connectivity index (χ1v) is 5.75. The Balaban J connectivity index is 1.87. The van der Waals surface area contributed by atoms with Crippen molar-refractivity contribution in [3.8, 4) is 0 Å². The van der Waals surface area contributed by atoms with Crippen LogP contribution in [0.2, 0.25) is 0 Å². The normalized spacial score (nSPS) is 33.4. The van der Waals surface area contributed by atoms with Gasteiger partial charge in [0, 0.05) is 19.7 Å². The van der Waals surface area contributed by atoms with Crippen molar-refractivity contribution in [2.75, 3.05) is 19.7 Å². The molecule has 2 saturated heterocycles. The Bertz CT molecular complexity index is 209. The smallest absolute Gasteiger partial charge is 0.251 e. The van der Waals surface area contributed by atoms with Gasteiger partial charge in [-0.1, -0.05) is 0 Å². The van der Waals surface area contributed by atoms with E-state index in [0.717, 1.165) is 38.8 Å². The molecule has 2 atom stereocenters. The molecule has 0 aromatic carbocycles. The van der Waals surface area contributed by atoms with Crippen LogP contribution in [0.1, 0.15) is 25.7 Å². The molecule has 0 spiro atoms. The van der Waals surface area contributed by atoms with Gasteiger partial charge >= 0.3 is 0 Å². The summed E-state index contributed by atoms with van der Waals surface area (Å²) in [7, 11) is 0. The van der Waals surface area contributed by atoms with Gasteiger partial charge in [-0.25, -0.2) is 0 Å². The van der Waals surface area contributed by atoms with Gasteiger partial charge in [-0.3, -0.25) is 4.79 Å². The second-order valence-electron chi connectivity index (χ2n) is 4.03. The van der Waals surface area contributed by atoms with Crippen LogP contribution in [-0.4, -0.2) is 42.0 Å². The van der Waals surface area contributed by atoms with Gasteiger partial charge in [-0.2, -0.15) is 0 Å². The lowest BCUT2D eigenvalue weighted by Crippen LogP contribution is -2.40. The molecular weight excluding hydrogens is 202 g/mol. The van der Waals surface area contributed by atoms with E-state index in [1.165, 1.54) is 0 Å². The van der Waals surface area contributed by atoms with Gasteiger partial charge in [0.15, 0.2) is 0 Å². The maximum Gasteiger partial charge on any atom is 0.251 e. The summed E-state index contributed by atoms with van der Waals surface area (Å²) in [5, 5.41) is 0.141. The van der Waals surface area contributed by atoms with E-state index in [1.807, 2.05) is 4.90 Å². The van der Waals surface area contributed by atoms with E-state index in [-0.39, 0.29) is 17.4 Å². The lowest BCUT2D eigenvalue weighted by Gasteiger charge is -2.26. The summed E-state index contributed by atoms with van der Waals surface area (Å²) in [4.78, 5) is 13.7. The van der Waals surface area contributed by atoms with Gasteiger partial charge in [-0.15, -0.1) is 11.6 Å². The molecule has 2 unspecified atom stereocenters. The van der Waals surface area contributed by atoms with Gasteiger partial charge in [0.05, 0.1) is 5.38 Å². The molecule has 1 amide bonds. The monoisotopic (exact) mass is 217 g/mol. The molecule has 0 aromatic heterocycles. The Morgan fingerprint density at radius 3 is 2.79 bits per heavy atom. The lowest BCUT2D eigenvalue weighted by molar-refractivity contribution is -0.145. The molecule has 2 aliphatic heterocycles. The third-order valence-corrected chi connectivity index (χ3v) is 3.25. The lowest BCUT2D eigenvalue weighted by atomic mass is 10.1. The first-order chi connectivity index (χ1) is 6.77. The fourth-order valence-corrected chi connectivity index (χ4v) is 2.32. The van der Waals surface area contributed by atoms with Gasteiger partial charge < -0.3 is 9.64 Å². The van der Waals surface area contributed by atoms with Gasteiger partial charge in [0.25, 0.3) is 5.91 Å². The molecule has 14 heavy (non-hydrogen) atoms. The van der Waals surface area contributed by atoms with Crippen molar-refractivity contribution in [3.05, 3.63) is 0 Å². The van der Waals surface area contributed by atoms with E-state index < -0.39 is 0 Å². The van der Waals surface area contributed by atoms with Crippen LogP contribution in [0.4, 0.5) is 0 Å². The third-order valence-electron chi connectivity index (χ3n) is 2.90. The largest absolute Gasteiger partial charge is 0.368 e. The second-order valence-corrected chi connectivity index (χ2v) is 4.64. The Morgan fingerprint density at radius 1 is 1.36 bits per heavy atom. The Labute approximate surface area is 89.4 Å². The number of rotatable bonds is 1. The minimum Gasteiger partial charge on any atom is -0.368 e. The molecule has 2 heterocycles. The number of carbonyl (C=O) groups excluding carboxylic acids is 1. The fraction of sp³-hybridized carbons (Fsp3) is 0.900. The van der Waals surface area contributed by atoms with Crippen molar-refractivity contribution in [2.45, 2.75) is 37.2 Å². The number of alkyl halides is 1. The zero-order chi connectivity index (χ0) is 9.97. The van der Waals surface area contributed by atoms with Crippen LogP contribution >= 0.6 is 11.6 Å². The highest BCUT2D eigenvalue weighted by molar-refractivity contribution is 6.21. The Kier molecular flexibility index (Phi) is 3.29. The maximum absolute atomic E-state index is 11.9. The molecule has 0 saturated carbocycles. The van der Waals surface area contributed by atoms with Gasteiger partial charge in [0.2, 0.25) is 0 Å². The van der Waals surface area contributed by atoms with E-state index in [1.54, 1.807) is 0 Å². The maximum atomic E-state index is 11.9. The predicted octanol–water partition coefficient (Wildman–Crippen LogP) is 1.40. The summed E-state index contributed by atoms with van der Waals surface area (Å²) in [5.74, 6) is 0.146. The summed E-state index contributed by atoms with van der Waals surface area (Å²) >= 11 is 5.96. The summed E-state index contributed by atoms with van der Waals surface area (Å²) in [6.07, 6.45) is 3.80. The van der Waals surface area contributed by atoms with E-state index in [0.29, 0.717) is 6.54 Å². The number of hydrogen-bond donors (Lipinski definition) is 0. The predicted molar refractivity (Wildman–Crippen MR) is 54.4 cm³/mol. The van der Waals surface area contributed by atoms with E-state index in [2.05, 4.69) is 0 Å². The molecule has 80 valence electrons. The summed E-state index contributed by atoms with van der Waals surface area (Å²) in [6.45, 7) is 2.22. The number of likely N-dealkylation sites (tertiary alicyclic amines) is 1. The molecule has 4 heteroatoms. The molecular formula is C10H16ClNO2. The highest BCUT2D eigenvalue weighted by Gasteiger charge is 2.31. The number of carbonyl (C=O) groups is 1. The summed E-state index contributed by atoms with van der Waals surface area (Å²) in [6, 6.07) is 0. The number of halogens is 1. The van der Waals surface area contributed by atoms with Gasteiger partial charge in [-0.05, 0) is 25.7 Å². The number of ether oxygens (including phenoxy) is 1. The van der Waals surface area contributed by atoms with E-state index in [4.69, 9.17) is 16.3 Å². The molecule has 0 N–H and O–H groups in total. The van der Waals surface area contributed by atoms with Crippen LogP contribution in [0.25, 0.3) is 0 Å². The average Bonchev–Trinajstić information content (AvgIpc) is 2.65. The SMILES string of the molecule is O=C(C1CCCCO1)N1CCC(Cl)C1. The summed E-state index contributed by atoms with van der Waals surface area (Å²) in [5.41, 5.74) is 0. The second kappa shape index (κ2) is 4.49. The topological polar surface area (TPSA) is 29.5 Å². The standard InChI is InChI=1S/C10H16ClNO2/c11-8-4-5-12(7-8)10(13)9-3-1-2-6-14-9/h8-9H,1-7H2. The number of hydrogen-bond acceptors (Lipinski definition) is 2. The number of amides is 1. The van der Waals surface area contributed by atoms with Crippen molar-refractivity contribution >= 4 is 17.5 Å². The number of nitrogens with zero attached hydrogens (tertiary/aromatic N) is 1. The van der Waals surface area contributed by atoms with Crippen molar-refractivity contribution in [3.63, 3.8) is 0 Å². The zero-order valence-corrected chi connectivity index (χ0v) is 9.00. The third kappa shape index (κ3) is 2.20. The molecule has 2 fully saturated rings. The first kappa shape index (κ1) is 10.2. The van der Waals surface area contributed by atoms with Crippen molar-refractivity contribution in [1.82, 2.24) is 4.90 Å². The van der Waals surface area contributed by atoms with E-state index in [9.17, 15) is 4.79 Å². The van der Waals surface area contributed by atoms with Crippen LogP contribution in [0.3, 0.4) is 0 Å². The molecule has 3 nitrogen and oxygen atoms in total. The van der Waals surface area contributed by atoms with Crippen LogP contribution in [0.15, 0.2) is 0 Å². The van der Waals surface area contributed by atoms with Crippen LogP contribution in [0.5, 0.6) is 0 Å². The quantitative estimate of drug-likeness (QED) is 0.622. The first-order valence-electron chi connectivity index (χ1n) is 5.32. The molecule has 2 rings (SSSR count). The molecule has 0 radical (unpaired) electrons. The highest BCUT2D eigenvalue weighted by Crippen LogP contribution is 2.20. The minimum absolute atomic E-state index is 0.141. The molecule has 0 bridgehead atoms.